The summed E-state index contributed by atoms with van der Waals surface area (Å²) in [6.45, 7) is 5.65. The molecule has 1 atom stereocenters. The number of para-hydroxylation sites is 2. The second-order valence-corrected chi connectivity index (χ2v) is 9.63. The van der Waals surface area contributed by atoms with Gasteiger partial charge in [0.25, 0.3) is 0 Å². The number of amides is 1. The number of aromatic hydroxyl groups is 1. The van der Waals surface area contributed by atoms with Crippen molar-refractivity contribution in [2.45, 2.75) is 39.7 Å². The summed E-state index contributed by atoms with van der Waals surface area (Å²) in [4.78, 5) is 28.4. The number of fused-ring (bicyclic) bond motifs is 2. The number of carbonyl (C=O) groups is 2. The first kappa shape index (κ1) is 20.4. The molecule has 3 aromatic rings. The number of aromatic nitrogens is 1. The summed E-state index contributed by atoms with van der Waals surface area (Å²) in [6.07, 6.45) is 3.06. The van der Waals surface area contributed by atoms with E-state index < -0.39 is 6.04 Å². The van der Waals surface area contributed by atoms with Crippen molar-refractivity contribution in [1.29, 1.82) is 0 Å². The highest BCUT2D eigenvalue weighted by Crippen LogP contribution is 2.51. The molecule has 1 aliphatic heterocycles. The standard InChI is InChI=1S/C26H27N3O3/c1-15(30)29-20-10-7-11-21(31)24(20)27-18-12-26(2,3)13-22(32)23(18)25(29)17-14-28(4)19-9-6-5-8-16(17)19/h5-11,14,25,27,31H,12-13H2,1-4H3. The number of hydrogen-bond donors (Lipinski definition) is 2. The molecule has 0 fully saturated rings. The molecule has 6 heteroatoms. The molecule has 1 unspecified atom stereocenters. The fourth-order valence-corrected chi connectivity index (χ4v) is 5.28. The first-order chi connectivity index (χ1) is 15.2. The largest absolute Gasteiger partial charge is 0.506 e. The quantitative estimate of drug-likeness (QED) is 0.531. The number of Topliss-reactive ketones (excluding diaryl/α,β-unsaturated/α-hetero) is 1. The van der Waals surface area contributed by atoms with Gasteiger partial charge in [-0.25, -0.2) is 0 Å². The molecule has 2 N–H and O–H groups in total. The highest BCUT2D eigenvalue weighted by atomic mass is 16.3. The van der Waals surface area contributed by atoms with E-state index in [0.29, 0.717) is 29.8 Å². The third-order valence-electron chi connectivity index (χ3n) is 6.57. The van der Waals surface area contributed by atoms with Crippen molar-refractivity contribution in [1.82, 2.24) is 4.57 Å². The Labute approximate surface area is 187 Å². The molecule has 164 valence electrons. The molecule has 0 radical (unpaired) electrons. The van der Waals surface area contributed by atoms with Crippen molar-refractivity contribution in [3.05, 3.63) is 65.5 Å². The van der Waals surface area contributed by atoms with E-state index in [-0.39, 0.29) is 22.9 Å². The molecule has 5 rings (SSSR count). The van der Waals surface area contributed by atoms with Gasteiger partial charge in [-0.05, 0) is 30.0 Å². The van der Waals surface area contributed by atoms with E-state index in [0.717, 1.165) is 22.2 Å². The Morgan fingerprint density at radius 2 is 1.88 bits per heavy atom. The molecule has 2 aromatic carbocycles. The van der Waals surface area contributed by atoms with Gasteiger partial charge in [-0.3, -0.25) is 14.5 Å². The maximum Gasteiger partial charge on any atom is 0.224 e. The lowest BCUT2D eigenvalue weighted by atomic mass is 9.73. The van der Waals surface area contributed by atoms with Crippen molar-refractivity contribution >= 4 is 34.0 Å². The van der Waals surface area contributed by atoms with Crippen LogP contribution in [0.3, 0.4) is 0 Å². The fraction of sp³-hybridized carbons (Fsp3) is 0.308. The Bertz CT molecular complexity index is 1320. The number of anilines is 2. The highest BCUT2D eigenvalue weighted by molar-refractivity contribution is 6.07. The molecule has 6 nitrogen and oxygen atoms in total. The van der Waals surface area contributed by atoms with Crippen molar-refractivity contribution in [2.75, 3.05) is 10.2 Å². The number of nitrogens with one attached hydrogen (secondary N) is 1. The number of nitrogens with zero attached hydrogens (tertiary/aromatic N) is 2. The van der Waals surface area contributed by atoms with Gasteiger partial charge in [-0.1, -0.05) is 38.1 Å². The van der Waals surface area contributed by atoms with E-state index >= 15 is 0 Å². The number of hydrogen-bond acceptors (Lipinski definition) is 4. The van der Waals surface area contributed by atoms with Gasteiger partial charge < -0.3 is 15.0 Å². The summed E-state index contributed by atoms with van der Waals surface area (Å²) < 4.78 is 2.03. The maximum absolute atomic E-state index is 13.6. The van der Waals surface area contributed by atoms with Gasteiger partial charge in [-0.15, -0.1) is 0 Å². The van der Waals surface area contributed by atoms with Gasteiger partial charge in [0.1, 0.15) is 11.4 Å². The molecule has 0 bridgehead atoms. The predicted molar refractivity (Wildman–Crippen MR) is 126 cm³/mol. The summed E-state index contributed by atoms with van der Waals surface area (Å²) in [5.41, 5.74) is 4.12. The van der Waals surface area contributed by atoms with Crippen LogP contribution in [0.2, 0.25) is 0 Å². The second kappa shape index (κ2) is 6.99. The van der Waals surface area contributed by atoms with Gasteiger partial charge in [-0.2, -0.15) is 0 Å². The van der Waals surface area contributed by atoms with Crippen LogP contribution in [0.15, 0.2) is 59.9 Å². The van der Waals surface area contributed by atoms with Gasteiger partial charge in [0.15, 0.2) is 5.78 Å². The van der Waals surface area contributed by atoms with Crippen LogP contribution in [0.4, 0.5) is 11.4 Å². The van der Waals surface area contributed by atoms with Crippen LogP contribution in [-0.4, -0.2) is 21.4 Å². The van der Waals surface area contributed by atoms with Crippen LogP contribution >= 0.6 is 0 Å². The van der Waals surface area contributed by atoms with Gasteiger partial charge in [0, 0.05) is 54.3 Å². The van der Waals surface area contributed by atoms with Crippen LogP contribution in [-0.2, 0) is 16.6 Å². The van der Waals surface area contributed by atoms with Crippen molar-refractivity contribution in [3.8, 4) is 5.75 Å². The van der Waals surface area contributed by atoms with E-state index in [1.54, 1.807) is 17.0 Å². The van der Waals surface area contributed by atoms with Crippen LogP contribution < -0.4 is 10.2 Å². The normalized spacial score (nSPS) is 19.9. The predicted octanol–water partition coefficient (Wildman–Crippen LogP) is 5.05. The topological polar surface area (TPSA) is 74.6 Å². The average Bonchev–Trinajstić information content (AvgIpc) is 2.95. The maximum atomic E-state index is 13.6. The zero-order chi connectivity index (χ0) is 22.8. The van der Waals surface area contributed by atoms with E-state index in [2.05, 4.69) is 19.2 Å². The molecule has 1 amide bonds. The number of rotatable bonds is 1. The summed E-state index contributed by atoms with van der Waals surface area (Å²) in [7, 11) is 1.97. The van der Waals surface area contributed by atoms with Crippen molar-refractivity contribution in [2.24, 2.45) is 12.5 Å². The highest BCUT2D eigenvalue weighted by Gasteiger charge is 2.43. The van der Waals surface area contributed by atoms with Crippen LogP contribution in [0.5, 0.6) is 5.75 Å². The number of ketones is 1. The Kier molecular flexibility index (Phi) is 4.45. The average molecular weight is 430 g/mol. The molecule has 1 aromatic heterocycles. The zero-order valence-corrected chi connectivity index (χ0v) is 18.8. The Morgan fingerprint density at radius 1 is 1.12 bits per heavy atom. The fourth-order valence-electron chi connectivity index (χ4n) is 5.28. The number of carbonyl (C=O) groups excluding carboxylic acids is 2. The number of benzene rings is 2. The van der Waals surface area contributed by atoms with E-state index in [9.17, 15) is 14.7 Å². The molecule has 0 saturated heterocycles. The Morgan fingerprint density at radius 3 is 2.62 bits per heavy atom. The lowest BCUT2D eigenvalue weighted by Crippen LogP contribution is -2.38. The number of allylic oxidation sites excluding steroid dienone is 1. The summed E-state index contributed by atoms with van der Waals surface area (Å²) >= 11 is 0. The van der Waals surface area contributed by atoms with E-state index in [4.69, 9.17) is 0 Å². The smallest absolute Gasteiger partial charge is 0.224 e. The molecule has 1 aliphatic carbocycles. The third kappa shape index (κ3) is 3.01. The van der Waals surface area contributed by atoms with Crippen LogP contribution in [0.25, 0.3) is 10.9 Å². The lowest BCUT2D eigenvalue weighted by Gasteiger charge is -2.36. The summed E-state index contributed by atoms with van der Waals surface area (Å²) in [5, 5.41) is 15.1. The van der Waals surface area contributed by atoms with E-state index in [1.165, 1.54) is 6.92 Å². The Hall–Kier alpha value is -3.54. The lowest BCUT2D eigenvalue weighted by molar-refractivity contribution is -0.118. The van der Waals surface area contributed by atoms with Gasteiger partial charge in [0.05, 0.1) is 11.7 Å². The molecular weight excluding hydrogens is 402 g/mol. The van der Waals surface area contributed by atoms with Gasteiger partial charge in [0.2, 0.25) is 5.91 Å². The SMILES string of the molecule is CC(=O)N1c2cccc(O)c2NC2=C(C(=O)CC(C)(C)C2)C1c1cn(C)c2ccccc12. The van der Waals surface area contributed by atoms with Crippen LogP contribution in [0.1, 0.15) is 45.2 Å². The minimum Gasteiger partial charge on any atom is -0.506 e. The molecule has 2 aliphatic rings. The molecule has 0 spiro atoms. The summed E-state index contributed by atoms with van der Waals surface area (Å²) in [5.74, 6) is -0.113. The third-order valence-corrected chi connectivity index (χ3v) is 6.57. The first-order valence-corrected chi connectivity index (χ1v) is 10.9. The number of aryl methyl sites for hydroxylation is 1. The monoisotopic (exact) mass is 429 g/mol. The molecular formula is C26H27N3O3. The van der Waals surface area contributed by atoms with Crippen molar-refractivity contribution in [3.63, 3.8) is 0 Å². The molecule has 32 heavy (non-hydrogen) atoms. The second-order valence-electron chi connectivity index (χ2n) is 9.63. The van der Waals surface area contributed by atoms with E-state index in [1.807, 2.05) is 48.1 Å². The van der Waals surface area contributed by atoms with Crippen LogP contribution in [0, 0.1) is 5.41 Å². The first-order valence-electron chi connectivity index (χ1n) is 10.9. The van der Waals surface area contributed by atoms with Gasteiger partial charge >= 0.3 is 0 Å². The summed E-state index contributed by atoms with van der Waals surface area (Å²) in [6, 6.07) is 12.6. The minimum absolute atomic E-state index is 0.0280. The Balaban J connectivity index is 1.87. The zero-order valence-electron chi connectivity index (χ0n) is 18.8. The number of phenolic OH excluding ortho intramolecular Hbond substituents is 1. The van der Waals surface area contributed by atoms with Crippen molar-refractivity contribution < 1.29 is 14.7 Å². The molecule has 0 saturated carbocycles. The minimum atomic E-state index is -0.590. The number of phenols is 1. The molecule has 2 heterocycles.